The molecule has 15 heavy (non-hydrogen) atoms. The highest BCUT2D eigenvalue weighted by atomic mass is 35.5. The van der Waals surface area contributed by atoms with Gasteiger partial charge in [-0.3, -0.25) is 0 Å². The van der Waals surface area contributed by atoms with E-state index in [9.17, 15) is 0 Å². The smallest absolute Gasteiger partial charge is 0.0931 e. The number of halogens is 1. The Morgan fingerprint density at radius 2 is 2.20 bits per heavy atom. The van der Waals surface area contributed by atoms with Gasteiger partial charge in [-0.15, -0.1) is 11.3 Å². The fourth-order valence-electron chi connectivity index (χ4n) is 2.61. The molecule has 0 aliphatic heterocycles. The van der Waals surface area contributed by atoms with Crippen molar-refractivity contribution in [3.63, 3.8) is 0 Å². The number of nitrogens with two attached hydrogens (primary N) is 1. The van der Waals surface area contributed by atoms with Crippen LogP contribution in [0.3, 0.4) is 0 Å². The second kappa shape index (κ2) is 4.08. The summed E-state index contributed by atoms with van der Waals surface area (Å²) in [5.41, 5.74) is 6.44. The van der Waals surface area contributed by atoms with Crippen molar-refractivity contribution in [2.75, 3.05) is 0 Å². The molecule has 1 heterocycles. The topological polar surface area (TPSA) is 26.0 Å². The van der Waals surface area contributed by atoms with E-state index in [0.29, 0.717) is 11.8 Å². The van der Waals surface area contributed by atoms with Crippen LogP contribution in [0.1, 0.15) is 38.0 Å². The van der Waals surface area contributed by atoms with Crippen LogP contribution in [0.25, 0.3) is 0 Å². The Hall–Kier alpha value is -0.0500. The molecule has 2 N–H and O–H groups in total. The molecule has 1 aliphatic rings. The van der Waals surface area contributed by atoms with Gasteiger partial charge in [-0.05, 0) is 30.4 Å². The highest BCUT2D eigenvalue weighted by molar-refractivity contribution is 7.16. The Kier molecular flexibility index (Phi) is 3.11. The molecule has 1 aromatic rings. The third kappa shape index (κ3) is 1.95. The minimum absolute atomic E-state index is 0.143. The zero-order valence-corrected chi connectivity index (χ0v) is 10.9. The molecular formula is C12H18ClNS. The molecule has 1 aromatic heterocycles. The van der Waals surface area contributed by atoms with Gasteiger partial charge in [-0.1, -0.05) is 38.3 Å². The first kappa shape index (κ1) is 11.4. The Balaban J connectivity index is 2.32. The normalized spacial score (nSPS) is 36.8. The zero-order chi connectivity index (χ0) is 11.1. The number of hydrogen-bond donors (Lipinski definition) is 1. The lowest BCUT2D eigenvalue weighted by Crippen LogP contribution is -2.47. The summed E-state index contributed by atoms with van der Waals surface area (Å²) in [5, 5.41) is 0. The van der Waals surface area contributed by atoms with Crippen LogP contribution >= 0.6 is 22.9 Å². The minimum Gasteiger partial charge on any atom is -0.321 e. The maximum Gasteiger partial charge on any atom is 0.0931 e. The van der Waals surface area contributed by atoms with Crippen LogP contribution in [-0.2, 0) is 5.54 Å². The van der Waals surface area contributed by atoms with Crippen LogP contribution in [0.2, 0.25) is 4.34 Å². The van der Waals surface area contributed by atoms with Crippen molar-refractivity contribution in [3.05, 3.63) is 21.3 Å². The van der Waals surface area contributed by atoms with E-state index in [-0.39, 0.29) is 5.54 Å². The first-order valence-corrected chi connectivity index (χ1v) is 6.78. The third-order valence-electron chi connectivity index (χ3n) is 3.95. The lowest BCUT2D eigenvalue weighted by Gasteiger charge is -2.42. The SMILES string of the molecule is CC1CCCC(N)(c2ccc(Cl)s2)C1C. The van der Waals surface area contributed by atoms with E-state index in [2.05, 4.69) is 19.9 Å². The van der Waals surface area contributed by atoms with E-state index in [1.807, 2.05) is 6.07 Å². The van der Waals surface area contributed by atoms with E-state index in [1.54, 1.807) is 11.3 Å². The predicted octanol–water partition coefficient (Wildman–Crippen LogP) is 4.01. The van der Waals surface area contributed by atoms with Gasteiger partial charge in [0.2, 0.25) is 0 Å². The molecule has 1 saturated carbocycles. The van der Waals surface area contributed by atoms with Gasteiger partial charge in [-0.2, -0.15) is 0 Å². The van der Waals surface area contributed by atoms with Gasteiger partial charge < -0.3 is 5.73 Å². The molecule has 1 nitrogen and oxygen atoms in total. The van der Waals surface area contributed by atoms with E-state index in [1.165, 1.54) is 17.7 Å². The molecule has 1 aliphatic carbocycles. The Bertz CT molecular complexity index is 349. The van der Waals surface area contributed by atoms with Gasteiger partial charge in [0.15, 0.2) is 0 Å². The number of hydrogen-bond acceptors (Lipinski definition) is 2. The van der Waals surface area contributed by atoms with Crippen LogP contribution in [0, 0.1) is 11.8 Å². The largest absolute Gasteiger partial charge is 0.321 e. The van der Waals surface area contributed by atoms with Crippen LogP contribution in [-0.4, -0.2) is 0 Å². The summed E-state index contributed by atoms with van der Waals surface area (Å²) < 4.78 is 0.847. The molecule has 3 unspecified atom stereocenters. The van der Waals surface area contributed by atoms with Gasteiger partial charge in [0.05, 0.1) is 9.88 Å². The lowest BCUT2D eigenvalue weighted by molar-refractivity contribution is 0.147. The maximum atomic E-state index is 6.58. The molecule has 3 atom stereocenters. The van der Waals surface area contributed by atoms with Crippen molar-refractivity contribution < 1.29 is 0 Å². The minimum atomic E-state index is -0.143. The summed E-state index contributed by atoms with van der Waals surface area (Å²) in [6.45, 7) is 4.58. The van der Waals surface area contributed by atoms with Crippen molar-refractivity contribution in [1.82, 2.24) is 0 Å². The van der Waals surface area contributed by atoms with Gasteiger partial charge >= 0.3 is 0 Å². The van der Waals surface area contributed by atoms with E-state index in [4.69, 9.17) is 17.3 Å². The molecule has 2 rings (SSSR count). The van der Waals surface area contributed by atoms with Crippen LogP contribution in [0.15, 0.2) is 12.1 Å². The lowest BCUT2D eigenvalue weighted by atomic mass is 9.68. The van der Waals surface area contributed by atoms with Crippen LogP contribution in [0.4, 0.5) is 0 Å². The fraction of sp³-hybridized carbons (Fsp3) is 0.667. The predicted molar refractivity (Wildman–Crippen MR) is 67.4 cm³/mol. The maximum absolute atomic E-state index is 6.58. The quantitative estimate of drug-likeness (QED) is 0.793. The Morgan fingerprint density at radius 3 is 2.80 bits per heavy atom. The molecule has 0 radical (unpaired) electrons. The monoisotopic (exact) mass is 243 g/mol. The summed E-state index contributed by atoms with van der Waals surface area (Å²) in [5.74, 6) is 1.26. The van der Waals surface area contributed by atoms with Crippen molar-refractivity contribution >= 4 is 22.9 Å². The molecule has 0 amide bonds. The second-order valence-electron chi connectivity index (χ2n) is 4.80. The van der Waals surface area contributed by atoms with E-state index < -0.39 is 0 Å². The standard InChI is InChI=1S/C12H18ClNS/c1-8-4-3-7-12(14,9(8)2)10-5-6-11(13)15-10/h5-6,8-9H,3-4,7,14H2,1-2H3. The third-order valence-corrected chi connectivity index (χ3v) is 5.37. The molecule has 84 valence electrons. The second-order valence-corrected chi connectivity index (χ2v) is 6.52. The van der Waals surface area contributed by atoms with Gasteiger partial charge in [0.1, 0.15) is 0 Å². The fourth-order valence-corrected chi connectivity index (χ4v) is 3.89. The Morgan fingerprint density at radius 1 is 1.47 bits per heavy atom. The average molecular weight is 244 g/mol. The molecule has 0 saturated heterocycles. The highest BCUT2D eigenvalue weighted by Gasteiger charge is 2.40. The molecule has 3 heteroatoms. The summed E-state index contributed by atoms with van der Waals surface area (Å²) in [4.78, 5) is 1.26. The molecule has 0 bridgehead atoms. The Labute approximate surface area is 101 Å². The van der Waals surface area contributed by atoms with Crippen LogP contribution in [0.5, 0.6) is 0 Å². The summed E-state index contributed by atoms with van der Waals surface area (Å²) in [6, 6.07) is 4.06. The van der Waals surface area contributed by atoms with Crippen molar-refractivity contribution in [3.8, 4) is 0 Å². The van der Waals surface area contributed by atoms with Gasteiger partial charge in [0.25, 0.3) is 0 Å². The average Bonchev–Trinajstić information content (AvgIpc) is 2.62. The van der Waals surface area contributed by atoms with Gasteiger partial charge in [0, 0.05) is 4.88 Å². The number of rotatable bonds is 1. The van der Waals surface area contributed by atoms with E-state index >= 15 is 0 Å². The molecular weight excluding hydrogens is 226 g/mol. The van der Waals surface area contributed by atoms with Crippen molar-refractivity contribution in [2.24, 2.45) is 17.6 Å². The molecule has 0 aromatic carbocycles. The van der Waals surface area contributed by atoms with Crippen molar-refractivity contribution in [2.45, 2.75) is 38.6 Å². The molecule has 0 spiro atoms. The summed E-state index contributed by atoms with van der Waals surface area (Å²) >= 11 is 7.63. The number of thiophene rings is 1. The summed E-state index contributed by atoms with van der Waals surface area (Å²) in [6.07, 6.45) is 3.63. The summed E-state index contributed by atoms with van der Waals surface area (Å²) in [7, 11) is 0. The highest BCUT2D eigenvalue weighted by Crippen LogP contribution is 2.45. The zero-order valence-electron chi connectivity index (χ0n) is 9.29. The van der Waals surface area contributed by atoms with Crippen molar-refractivity contribution in [1.29, 1.82) is 0 Å². The van der Waals surface area contributed by atoms with Gasteiger partial charge in [-0.25, -0.2) is 0 Å². The first-order valence-electron chi connectivity index (χ1n) is 5.59. The molecule has 1 fully saturated rings. The van der Waals surface area contributed by atoms with E-state index in [0.717, 1.165) is 10.8 Å². The first-order chi connectivity index (χ1) is 7.04. The van der Waals surface area contributed by atoms with Crippen LogP contribution < -0.4 is 5.73 Å².